The summed E-state index contributed by atoms with van der Waals surface area (Å²) in [5.41, 5.74) is 1.35. The molecule has 3 rings (SSSR count). The average Bonchev–Trinajstić information content (AvgIpc) is 2.80. The Balaban J connectivity index is 1.53. The van der Waals surface area contributed by atoms with Crippen LogP contribution in [0.2, 0.25) is 0 Å². The number of nitrogens with zero attached hydrogens (tertiary/aromatic N) is 3. The Morgan fingerprint density at radius 2 is 2.23 bits per heavy atom. The van der Waals surface area contributed by atoms with Gasteiger partial charge in [0.25, 0.3) is 0 Å². The Morgan fingerprint density at radius 1 is 1.36 bits per heavy atom. The van der Waals surface area contributed by atoms with E-state index in [4.69, 9.17) is 4.74 Å². The Bertz CT molecular complexity index is 608. The molecule has 4 heteroatoms. The molecule has 2 heterocycles. The number of likely N-dealkylation sites (N-methyl/N-ethyl adjacent to an activating group) is 1. The standard InChI is InChI=1S/C18H25N3O/c1-15-19-8-9-21(15)11-10-20(2)14-16-7-12-22-18-6-4-3-5-17(18)13-16/h3-6,8-9,16H,7,10-14H2,1-2H3/t16-/m0/s1. The Labute approximate surface area is 132 Å². The third kappa shape index (κ3) is 3.69. The highest BCUT2D eigenvalue weighted by atomic mass is 16.5. The van der Waals surface area contributed by atoms with Crippen molar-refractivity contribution in [2.75, 3.05) is 26.7 Å². The van der Waals surface area contributed by atoms with Gasteiger partial charge >= 0.3 is 0 Å². The molecule has 0 bridgehead atoms. The first-order chi connectivity index (χ1) is 10.7. The normalized spacial score (nSPS) is 17.9. The maximum absolute atomic E-state index is 5.86. The van der Waals surface area contributed by atoms with Crippen LogP contribution in [-0.2, 0) is 13.0 Å². The predicted molar refractivity (Wildman–Crippen MR) is 88.2 cm³/mol. The first-order valence-electron chi connectivity index (χ1n) is 8.09. The molecule has 0 amide bonds. The van der Waals surface area contributed by atoms with E-state index in [9.17, 15) is 0 Å². The van der Waals surface area contributed by atoms with Crippen LogP contribution in [-0.4, -0.2) is 41.2 Å². The van der Waals surface area contributed by atoms with Gasteiger partial charge in [-0.1, -0.05) is 18.2 Å². The average molecular weight is 299 g/mol. The second kappa shape index (κ2) is 6.97. The van der Waals surface area contributed by atoms with E-state index >= 15 is 0 Å². The van der Waals surface area contributed by atoms with Crippen molar-refractivity contribution in [2.24, 2.45) is 5.92 Å². The number of aromatic nitrogens is 2. The number of para-hydroxylation sites is 1. The van der Waals surface area contributed by atoms with Crippen LogP contribution in [0.1, 0.15) is 17.8 Å². The number of hydrogen-bond donors (Lipinski definition) is 0. The van der Waals surface area contributed by atoms with Crippen LogP contribution < -0.4 is 4.74 Å². The first-order valence-corrected chi connectivity index (χ1v) is 8.09. The fourth-order valence-corrected chi connectivity index (χ4v) is 3.17. The van der Waals surface area contributed by atoms with Gasteiger partial charge in [0.05, 0.1) is 6.61 Å². The molecule has 0 saturated carbocycles. The lowest BCUT2D eigenvalue weighted by Gasteiger charge is -2.23. The summed E-state index contributed by atoms with van der Waals surface area (Å²) in [7, 11) is 2.21. The highest BCUT2D eigenvalue weighted by Crippen LogP contribution is 2.26. The maximum atomic E-state index is 5.86. The molecule has 0 N–H and O–H groups in total. The van der Waals surface area contributed by atoms with E-state index in [1.807, 2.05) is 6.20 Å². The van der Waals surface area contributed by atoms with Crippen molar-refractivity contribution in [3.05, 3.63) is 48.0 Å². The number of hydrogen-bond acceptors (Lipinski definition) is 3. The van der Waals surface area contributed by atoms with Gasteiger partial charge in [-0.3, -0.25) is 0 Å². The summed E-state index contributed by atoms with van der Waals surface area (Å²) in [5.74, 6) is 2.82. The summed E-state index contributed by atoms with van der Waals surface area (Å²) in [6, 6.07) is 8.45. The number of ether oxygens (including phenoxy) is 1. The fourth-order valence-electron chi connectivity index (χ4n) is 3.17. The zero-order valence-corrected chi connectivity index (χ0v) is 13.5. The quantitative estimate of drug-likeness (QED) is 0.850. The lowest BCUT2D eigenvalue weighted by atomic mass is 9.96. The smallest absolute Gasteiger partial charge is 0.122 e. The SMILES string of the molecule is Cc1nccn1CCN(C)C[C@H]1CCOc2ccccc2C1. The fraction of sp³-hybridized carbons (Fsp3) is 0.500. The van der Waals surface area contributed by atoms with Crippen molar-refractivity contribution >= 4 is 0 Å². The molecule has 1 aromatic carbocycles. The number of fused-ring (bicyclic) bond motifs is 1. The molecule has 0 saturated heterocycles. The molecule has 4 nitrogen and oxygen atoms in total. The zero-order valence-electron chi connectivity index (χ0n) is 13.5. The third-order valence-corrected chi connectivity index (χ3v) is 4.48. The number of aryl methyl sites for hydroxylation is 1. The lowest BCUT2D eigenvalue weighted by Crippen LogP contribution is -2.30. The molecule has 22 heavy (non-hydrogen) atoms. The van der Waals surface area contributed by atoms with Gasteiger partial charge in [0.1, 0.15) is 11.6 Å². The van der Waals surface area contributed by atoms with Gasteiger partial charge in [-0.2, -0.15) is 0 Å². The van der Waals surface area contributed by atoms with E-state index in [1.54, 1.807) is 0 Å². The van der Waals surface area contributed by atoms with Crippen LogP contribution in [0.5, 0.6) is 5.75 Å². The van der Waals surface area contributed by atoms with Gasteiger partial charge in [0.15, 0.2) is 0 Å². The minimum Gasteiger partial charge on any atom is -0.493 e. The molecule has 0 unspecified atom stereocenters. The Morgan fingerprint density at radius 3 is 3.05 bits per heavy atom. The molecule has 0 spiro atoms. The highest BCUT2D eigenvalue weighted by Gasteiger charge is 2.18. The molecule has 0 radical (unpaired) electrons. The molecule has 0 aliphatic carbocycles. The van der Waals surface area contributed by atoms with Crippen LogP contribution in [0, 0.1) is 12.8 Å². The van der Waals surface area contributed by atoms with Crippen LogP contribution in [0.15, 0.2) is 36.7 Å². The van der Waals surface area contributed by atoms with E-state index in [-0.39, 0.29) is 0 Å². The largest absolute Gasteiger partial charge is 0.493 e. The number of rotatable bonds is 5. The summed E-state index contributed by atoms with van der Waals surface area (Å²) < 4.78 is 8.07. The van der Waals surface area contributed by atoms with Crippen molar-refractivity contribution in [2.45, 2.75) is 26.3 Å². The van der Waals surface area contributed by atoms with E-state index < -0.39 is 0 Å². The van der Waals surface area contributed by atoms with Gasteiger partial charge in [0, 0.05) is 32.0 Å². The molecule has 2 aromatic rings. The molecule has 1 atom stereocenters. The molecule has 118 valence electrons. The maximum Gasteiger partial charge on any atom is 0.122 e. The van der Waals surface area contributed by atoms with Gasteiger partial charge in [0.2, 0.25) is 0 Å². The molecule has 1 aliphatic rings. The highest BCUT2D eigenvalue weighted by molar-refractivity contribution is 5.34. The predicted octanol–water partition coefficient (Wildman–Crippen LogP) is 2.76. The summed E-state index contributed by atoms with van der Waals surface area (Å²) in [6.07, 6.45) is 6.17. The summed E-state index contributed by atoms with van der Waals surface area (Å²) in [5, 5.41) is 0. The van der Waals surface area contributed by atoms with E-state index in [1.165, 1.54) is 5.56 Å². The van der Waals surface area contributed by atoms with Gasteiger partial charge in [-0.25, -0.2) is 4.98 Å². The second-order valence-corrected chi connectivity index (χ2v) is 6.25. The minimum absolute atomic E-state index is 0.664. The van der Waals surface area contributed by atoms with Crippen LogP contribution in [0.3, 0.4) is 0 Å². The monoisotopic (exact) mass is 299 g/mol. The number of imidazole rings is 1. The van der Waals surface area contributed by atoms with Crippen molar-refractivity contribution in [1.82, 2.24) is 14.5 Å². The second-order valence-electron chi connectivity index (χ2n) is 6.25. The lowest BCUT2D eigenvalue weighted by molar-refractivity contribution is 0.234. The first kappa shape index (κ1) is 15.1. The summed E-state index contributed by atoms with van der Waals surface area (Å²) in [6.45, 7) is 6.06. The van der Waals surface area contributed by atoms with Crippen molar-refractivity contribution in [1.29, 1.82) is 0 Å². The van der Waals surface area contributed by atoms with Crippen molar-refractivity contribution in [3.8, 4) is 5.75 Å². The molecule has 0 fully saturated rings. The molecule has 1 aliphatic heterocycles. The van der Waals surface area contributed by atoms with Gasteiger partial charge in [-0.15, -0.1) is 0 Å². The van der Waals surface area contributed by atoms with Crippen LogP contribution >= 0.6 is 0 Å². The minimum atomic E-state index is 0.664. The number of benzene rings is 1. The van der Waals surface area contributed by atoms with Gasteiger partial charge in [-0.05, 0) is 44.4 Å². The molecular weight excluding hydrogens is 274 g/mol. The summed E-state index contributed by atoms with van der Waals surface area (Å²) >= 11 is 0. The van der Waals surface area contributed by atoms with E-state index in [0.717, 1.165) is 50.7 Å². The van der Waals surface area contributed by atoms with Crippen molar-refractivity contribution in [3.63, 3.8) is 0 Å². The molecular formula is C18H25N3O. The van der Waals surface area contributed by atoms with E-state index in [2.05, 4.69) is 58.9 Å². The van der Waals surface area contributed by atoms with Crippen molar-refractivity contribution < 1.29 is 4.74 Å². The Hall–Kier alpha value is -1.81. The summed E-state index contributed by atoms with van der Waals surface area (Å²) in [4.78, 5) is 6.70. The van der Waals surface area contributed by atoms with E-state index in [0.29, 0.717) is 5.92 Å². The Kier molecular flexibility index (Phi) is 4.78. The topological polar surface area (TPSA) is 30.3 Å². The zero-order chi connectivity index (χ0) is 15.4. The molecule has 1 aromatic heterocycles. The third-order valence-electron chi connectivity index (χ3n) is 4.48. The van der Waals surface area contributed by atoms with Crippen LogP contribution in [0.25, 0.3) is 0 Å². The van der Waals surface area contributed by atoms with Gasteiger partial charge < -0.3 is 14.2 Å². The van der Waals surface area contributed by atoms with Crippen LogP contribution in [0.4, 0.5) is 0 Å².